The number of nitrogens with one attached hydrogen (secondary N) is 2. The fourth-order valence-corrected chi connectivity index (χ4v) is 2.83. The van der Waals surface area contributed by atoms with E-state index in [9.17, 15) is 4.79 Å². The number of allylic oxidation sites excluding steroid dienone is 1. The first-order valence-corrected chi connectivity index (χ1v) is 8.50. The van der Waals surface area contributed by atoms with Crippen molar-refractivity contribution >= 4 is 11.7 Å². The van der Waals surface area contributed by atoms with Gasteiger partial charge in [-0.25, -0.2) is 4.98 Å². The fourth-order valence-electron chi connectivity index (χ4n) is 2.83. The van der Waals surface area contributed by atoms with Gasteiger partial charge in [0.05, 0.1) is 12.8 Å². The summed E-state index contributed by atoms with van der Waals surface area (Å²) in [6.07, 6.45) is 11.5. The highest BCUT2D eigenvalue weighted by atomic mass is 16.3. The van der Waals surface area contributed by atoms with E-state index in [2.05, 4.69) is 21.7 Å². The van der Waals surface area contributed by atoms with Crippen LogP contribution in [0, 0.1) is 0 Å². The van der Waals surface area contributed by atoms with Crippen molar-refractivity contribution in [2.45, 2.75) is 38.6 Å². The van der Waals surface area contributed by atoms with Gasteiger partial charge in [0.25, 0.3) is 5.91 Å². The minimum atomic E-state index is -0.0603. The molecule has 3 rings (SSSR count). The molecule has 0 aromatic carbocycles. The quantitative estimate of drug-likeness (QED) is 0.758. The van der Waals surface area contributed by atoms with Gasteiger partial charge >= 0.3 is 0 Å². The molecule has 2 aromatic heterocycles. The Kier molecular flexibility index (Phi) is 5.66. The third-order valence-corrected chi connectivity index (χ3v) is 4.16. The van der Waals surface area contributed by atoms with Crippen LogP contribution in [0.15, 0.2) is 52.8 Å². The number of pyridine rings is 1. The van der Waals surface area contributed by atoms with E-state index in [1.807, 2.05) is 12.1 Å². The zero-order chi connectivity index (χ0) is 16.6. The van der Waals surface area contributed by atoms with Crippen molar-refractivity contribution in [3.05, 3.63) is 59.7 Å². The van der Waals surface area contributed by atoms with Crippen LogP contribution in [0.25, 0.3) is 0 Å². The minimum Gasteiger partial charge on any atom is -0.467 e. The molecule has 0 unspecified atom stereocenters. The molecule has 1 aliphatic carbocycles. The number of furan rings is 1. The van der Waals surface area contributed by atoms with Crippen molar-refractivity contribution in [2.24, 2.45) is 0 Å². The largest absolute Gasteiger partial charge is 0.467 e. The number of aromatic nitrogens is 1. The summed E-state index contributed by atoms with van der Waals surface area (Å²) < 4.78 is 5.27. The zero-order valence-corrected chi connectivity index (χ0v) is 13.8. The molecule has 2 aromatic rings. The molecule has 0 bridgehead atoms. The van der Waals surface area contributed by atoms with E-state index in [1.165, 1.54) is 31.3 Å². The molecule has 0 fully saturated rings. The molecule has 5 nitrogen and oxygen atoms in total. The van der Waals surface area contributed by atoms with Crippen LogP contribution in [0.4, 0.5) is 5.82 Å². The van der Waals surface area contributed by atoms with E-state index < -0.39 is 0 Å². The number of anilines is 1. The second-order valence-corrected chi connectivity index (χ2v) is 5.98. The van der Waals surface area contributed by atoms with Gasteiger partial charge in [-0.2, -0.15) is 0 Å². The second-order valence-electron chi connectivity index (χ2n) is 5.98. The third kappa shape index (κ3) is 4.72. The van der Waals surface area contributed by atoms with Crippen LogP contribution in [0.3, 0.4) is 0 Å². The third-order valence-electron chi connectivity index (χ3n) is 4.16. The standard InChI is InChI=1S/C19H23N3O2/c23-19(21-10-8-15-5-2-1-3-6-15)16-9-11-20-18(13-16)22-14-17-7-4-12-24-17/h4-5,7,9,11-13H,1-3,6,8,10,14H2,(H,20,22)(H,21,23). The lowest BCUT2D eigenvalue weighted by Crippen LogP contribution is -2.25. The highest BCUT2D eigenvalue weighted by molar-refractivity contribution is 5.94. The van der Waals surface area contributed by atoms with Gasteiger partial charge in [0.1, 0.15) is 11.6 Å². The molecule has 24 heavy (non-hydrogen) atoms. The van der Waals surface area contributed by atoms with Crippen LogP contribution in [-0.4, -0.2) is 17.4 Å². The molecule has 1 aliphatic rings. The maximum atomic E-state index is 12.3. The SMILES string of the molecule is O=C(NCCC1=CCCCC1)c1ccnc(NCc2ccco2)c1. The van der Waals surface area contributed by atoms with E-state index in [-0.39, 0.29) is 5.91 Å². The monoisotopic (exact) mass is 325 g/mol. The number of hydrogen-bond acceptors (Lipinski definition) is 4. The summed E-state index contributed by atoms with van der Waals surface area (Å²) in [6.45, 7) is 1.22. The van der Waals surface area contributed by atoms with E-state index in [4.69, 9.17) is 4.42 Å². The lowest BCUT2D eigenvalue weighted by atomic mass is 9.97. The molecular weight excluding hydrogens is 302 g/mol. The molecule has 126 valence electrons. The first-order chi connectivity index (χ1) is 11.8. The Hall–Kier alpha value is -2.56. The molecule has 0 radical (unpaired) electrons. The van der Waals surface area contributed by atoms with E-state index in [0.29, 0.717) is 24.5 Å². The molecule has 2 N–H and O–H groups in total. The van der Waals surface area contributed by atoms with Gasteiger partial charge in [-0.1, -0.05) is 11.6 Å². The van der Waals surface area contributed by atoms with Crippen LogP contribution in [0.5, 0.6) is 0 Å². The van der Waals surface area contributed by atoms with Crippen molar-refractivity contribution in [2.75, 3.05) is 11.9 Å². The van der Waals surface area contributed by atoms with Gasteiger partial charge in [0.15, 0.2) is 0 Å². The molecule has 0 saturated heterocycles. The lowest BCUT2D eigenvalue weighted by Gasteiger charge is -2.13. The Bertz CT molecular complexity index is 692. The lowest BCUT2D eigenvalue weighted by molar-refractivity contribution is 0.0954. The average Bonchev–Trinajstić information content (AvgIpc) is 3.15. The van der Waals surface area contributed by atoms with Crippen LogP contribution in [-0.2, 0) is 6.54 Å². The van der Waals surface area contributed by atoms with Gasteiger partial charge < -0.3 is 15.1 Å². The first-order valence-electron chi connectivity index (χ1n) is 8.50. The normalized spacial score (nSPS) is 14.1. The van der Waals surface area contributed by atoms with Gasteiger partial charge in [-0.3, -0.25) is 4.79 Å². The summed E-state index contributed by atoms with van der Waals surface area (Å²) in [5, 5.41) is 6.15. The molecule has 1 amide bonds. The summed E-state index contributed by atoms with van der Waals surface area (Å²) >= 11 is 0. The summed E-state index contributed by atoms with van der Waals surface area (Å²) in [5.74, 6) is 1.43. The van der Waals surface area contributed by atoms with Crippen LogP contribution in [0.2, 0.25) is 0 Å². The highest BCUT2D eigenvalue weighted by Crippen LogP contribution is 2.19. The molecule has 0 aliphatic heterocycles. The van der Waals surface area contributed by atoms with Gasteiger partial charge in [-0.05, 0) is 56.4 Å². The summed E-state index contributed by atoms with van der Waals surface area (Å²) in [4.78, 5) is 16.5. The number of amides is 1. The summed E-state index contributed by atoms with van der Waals surface area (Å²) in [7, 11) is 0. The number of hydrogen-bond donors (Lipinski definition) is 2. The number of carbonyl (C=O) groups is 1. The molecule has 0 atom stereocenters. The number of carbonyl (C=O) groups excluding carboxylic acids is 1. The Morgan fingerprint density at radius 2 is 2.25 bits per heavy atom. The van der Waals surface area contributed by atoms with Crippen LogP contribution < -0.4 is 10.6 Å². The van der Waals surface area contributed by atoms with Crippen LogP contribution in [0.1, 0.15) is 48.2 Å². The molecule has 5 heteroatoms. The van der Waals surface area contributed by atoms with Crippen LogP contribution >= 0.6 is 0 Å². The average molecular weight is 325 g/mol. The van der Waals surface area contributed by atoms with E-state index in [0.717, 1.165) is 12.2 Å². The predicted molar refractivity (Wildman–Crippen MR) is 93.8 cm³/mol. The Balaban J connectivity index is 1.49. The van der Waals surface area contributed by atoms with Gasteiger partial charge in [0.2, 0.25) is 0 Å². The Labute approximate surface area is 142 Å². The predicted octanol–water partition coefficient (Wildman–Crippen LogP) is 3.91. The van der Waals surface area contributed by atoms with E-state index >= 15 is 0 Å². The molecule has 0 saturated carbocycles. The Morgan fingerprint density at radius 1 is 1.29 bits per heavy atom. The van der Waals surface area contributed by atoms with Crippen molar-refractivity contribution in [3.8, 4) is 0 Å². The molecular formula is C19H23N3O2. The summed E-state index contributed by atoms with van der Waals surface area (Å²) in [5.41, 5.74) is 2.08. The van der Waals surface area contributed by atoms with Crippen molar-refractivity contribution in [1.29, 1.82) is 0 Å². The number of rotatable bonds is 7. The smallest absolute Gasteiger partial charge is 0.251 e. The number of nitrogens with zero attached hydrogens (tertiary/aromatic N) is 1. The second kappa shape index (κ2) is 8.34. The Morgan fingerprint density at radius 3 is 3.04 bits per heavy atom. The van der Waals surface area contributed by atoms with Crippen molar-refractivity contribution in [3.63, 3.8) is 0 Å². The van der Waals surface area contributed by atoms with Crippen molar-refractivity contribution < 1.29 is 9.21 Å². The van der Waals surface area contributed by atoms with E-state index in [1.54, 1.807) is 24.6 Å². The van der Waals surface area contributed by atoms with Crippen molar-refractivity contribution in [1.82, 2.24) is 10.3 Å². The topological polar surface area (TPSA) is 67.2 Å². The van der Waals surface area contributed by atoms with Gasteiger partial charge in [-0.15, -0.1) is 0 Å². The highest BCUT2D eigenvalue weighted by Gasteiger charge is 2.08. The molecule has 2 heterocycles. The maximum absolute atomic E-state index is 12.3. The summed E-state index contributed by atoms with van der Waals surface area (Å²) in [6, 6.07) is 7.23. The van der Waals surface area contributed by atoms with Gasteiger partial charge in [0, 0.05) is 18.3 Å². The zero-order valence-electron chi connectivity index (χ0n) is 13.8. The fraction of sp³-hybridized carbons (Fsp3) is 0.368. The minimum absolute atomic E-state index is 0.0603. The maximum Gasteiger partial charge on any atom is 0.251 e. The molecule has 0 spiro atoms. The first kappa shape index (κ1) is 16.3.